The number of nitrogens with zero attached hydrogens (tertiary/aromatic N) is 1. The first-order chi connectivity index (χ1) is 15.8. The number of benzene rings is 3. The maximum absolute atomic E-state index is 14.0. The standard InChI is InChI=1S/C25H19F2NO5/c1-32-18-5-3-4-14(12-18)22-21(23(29)19-13-16(27)8-11-20(19)33-2)24(30)25(31)28(22)17-9-6-15(26)7-10-17/h3-13,22,29H,1-2H3/b23-21+. The molecule has 1 heterocycles. The van der Waals surface area contributed by atoms with Crippen molar-refractivity contribution < 1.29 is 33.0 Å². The van der Waals surface area contributed by atoms with Crippen molar-refractivity contribution in [1.29, 1.82) is 0 Å². The van der Waals surface area contributed by atoms with E-state index in [1.807, 2.05) is 0 Å². The quantitative estimate of drug-likeness (QED) is 0.348. The molecule has 4 rings (SSSR count). The van der Waals surface area contributed by atoms with Gasteiger partial charge in [0.1, 0.15) is 28.9 Å². The van der Waals surface area contributed by atoms with Crippen LogP contribution >= 0.6 is 0 Å². The normalized spacial score (nSPS) is 17.3. The van der Waals surface area contributed by atoms with Crippen LogP contribution in [-0.4, -0.2) is 31.0 Å². The van der Waals surface area contributed by atoms with Gasteiger partial charge >= 0.3 is 0 Å². The number of Topliss-reactive ketones (excluding diaryl/α,β-unsaturated/α-hetero) is 1. The Bertz CT molecular complexity index is 1270. The summed E-state index contributed by atoms with van der Waals surface area (Å²) in [6.07, 6.45) is 0. The number of halogens is 2. The smallest absolute Gasteiger partial charge is 0.300 e. The summed E-state index contributed by atoms with van der Waals surface area (Å²) >= 11 is 0. The molecule has 1 aliphatic heterocycles. The summed E-state index contributed by atoms with van der Waals surface area (Å²) in [4.78, 5) is 27.4. The molecular weight excluding hydrogens is 432 g/mol. The third-order valence-electron chi connectivity index (χ3n) is 5.38. The lowest BCUT2D eigenvalue weighted by Gasteiger charge is -2.25. The highest BCUT2D eigenvalue weighted by atomic mass is 19.1. The van der Waals surface area contributed by atoms with Crippen molar-refractivity contribution in [2.24, 2.45) is 0 Å². The molecule has 1 unspecified atom stereocenters. The highest BCUT2D eigenvalue weighted by molar-refractivity contribution is 6.51. The average Bonchev–Trinajstić information content (AvgIpc) is 3.09. The lowest BCUT2D eigenvalue weighted by molar-refractivity contribution is -0.132. The largest absolute Gasteiger partial charge is 0.507 e. The number of hydrogen-bond acceptors (Lipinski definition) is 5. The average molecular weight is 451 g/mol. The molecule has 6 nitrogen and oxygen atoms in total. The number of aliphatic hydroxyl groups excluding tert-OH is 1. The second-order valence-electron chi connectivity index (χ2n) is 7.27. The zero-order chi connectivity index (χ0) is 23.7. The summed E-state index contributed by atoms with van der Waals surface area (Å²) in [6, 6.07) is 14.0. The molecule has 0 radical (unpaired) electrons. The van der Waals surface area contributed by atoms with Crippen LogP contribution < -0.4 is 14.4 Å². The second-order valence-corrected chi connectivity index (χ2v) is 7.27. The molecule has 1 aliphatic rings. The molecule has 0 aromatic heterocycles. The summed E-state index contributed by atoms with van der Waals surface area (Å²) in [5, 5.41) is 11.2. The Morgan fingerprint density at radius 3 is 2.27 bits per heavy atom. The van der Waals surface area contributed by atoms with E-state index in [1.54, 1.807) is 24.3 Å². The van der Waals surface area contributed by atoms with Crippen molar-refractivity contribution in [1.82, 2.24) is 0 Å². The van der Waals surface area contributed by atoms with Crippen molar-refractivity contribution in [2.45, 2.75) is 6.04 Å². The van der Waals surface area contributed by atoms with Crippen LogP contribution in [0, 0.1) is 11.6 Å². The summed E-state index contributed by atoms with van der Waals surface area (Å²) in [6.45, 7) is 0. The van der Waals surface area contributed by atoms with Gasteiger partial charge in [0.2, 0.25) is 0 Å². The number of hydrogen-bond donors (Lipinski definition) is 1. The lowest BCUT2D eigenvalue weighted by Crippen LogP contribution is -2.29. The number of carbonyl (C=O) groups excluding carboxylic acids is 2. The molecule has 1 fully saturated rings. The van der Waals surface area contributed by atoms with E-state index < -0.39 is 35.1 Å². The first-order valence-corrected chi connectivity index (χ1v) is 9.90. The molecule has 0 bridgehead atoms. The van der Waals surface area contributed by atoms with E-state index in [0.717, 1.165) is 29.2 Å². The minimum atomic E-state index is -1.08. The summed E-state index contributed by atoms with van der Waals surface area (Å²) in [7, 11) is 2.80. The molecule has 1 saturated heterocycles. The molecule has 3 aromatic carbocycles. The SMILES string of the molecule is COc1cccc(C2/C(=C(\O)c3cc(F)ccc3OC)C(=O)C(=O)N2c2ccc(F)cc2)c1. The van der Waals surface area contributed by atoms with Crippen LogP contribution in [-0.2, 0) is 9.59 Å². The van der Waals surface area contributed by atoms with Crippen LogP contribution in [0.25, 0.3) is 5.76 Å². The number of methoxy groups -OCH3 is 2. The van der Waals surface area contributed by atoms with E-state index in [0.29, 0.717) is 11.3 Å². The molecule has 0 saturated carbocycles. The van der Waals surface area contributed by atoms with E-state index in [9.17, 15) is 23.5 Å². The van der Waals surface area contributed by atoms with Crippen molar-refractivity contribution >= 4 is 23.1 Å². The number of amides is 1. The molecule has 33 heavy (non-hydrogen) atoms. The van der Waals surface area contributed by atoms with Crippen LogP contribution in [0.15, 0.2) is 72.3 Å². The van der Waals surface area contributed by atoms with Gasteiger partial charge in [-0.2, -0.15) is 0 Å². The lowest BCUT2D eigenvalue weighted by atomic mass is 9.94. The first-order valence-electron chi connectivity index (χ1n) is 9.90. The molecule has 3 aromatic rings. The van der Waals surface area contributed by atoms with Gasteiger partial charge in [0, 0.05) is 5.69 Å². The number of carbonyl (C=O) groups is 2. The fourth-order valence-electron chi connectivity index (χ4n) is 3.84. The van der Waals surface area contributed by atoms with Crippen molar-refractivity contribution in [3.63, 3.8) is 0 Å². The summed E-state index contributed by atoms with van der Waals surface area (Å²) < 4.78 is 38.0. The van der Waals surface area contributed by atoms with Crippen molar-refractivity contribution in [3.05, 3.63) is 95.1 Å². The van der Waals surface area contributed by atoms with Gasteiger partial charge < -0.3 is 14.6 Å². The fraction of sp³-hybridized carbons (Fsp3) is 0.120. The third kappa shape index (κ3) is 3.91. The molecule has 0 spiro atoms. The van der Waals surface area contributed by atoms with Gasteiger partial charge in [0.15, 0.2) is 0 Å². The minimum absolute atomic E-state index is 0.0810. The third-order valence-corrected chi connectivity index (χ3v) is 5.38. The fourth-order valence-corrected chi connectivity index (χ4v) is 3.84. The van der Waals surface area contributed by atoms with E-state index >= 15 is 0 Å². The monoisotopic (exact) mass is 451 g/mol. The molecule has 1 atom stereocenters. The predicted octanol–water partition coefficient (Wildman–Crippen LogP) is 4.61. The highest BCUT2D eigenvalue weighted by Gasteiger charge is 2.47. The van der Waals surface area contributed by atoms with Gasteiger partial charge in [-0.25, -0.2) is 8.78 Å². The minimum Gasteiger partial charge on any atom is -0.507 e. The summed E-state index contributed by atoms with van der Waals surface area (Å²) in [5.74, 6) is -3.10. The Balaban J connectivity index is 1.99. The maximum atomic E-state index is 14.0. The molecule has 8 heteroatoms. The van der Waals surface area contributed by atoms with Crippen LogP contribution in [0.2, 0.25) is 0 Å². The molecule has 0 aliphatic carbocycles. The Morgan fingerprint density at radius 1 is 0.909 bits per heavy atom. The number of aliphatic hydroxyl groups is 1. The van der Waals surface area contributed by atoms with Crippen molar-refractivity contribution in [2.75, 3.05) is 19.1 Å². The van der Waals surface area contributed by atoms with Gasteiger partial charge in [-0.1, -0.05) is 12.1 Å². The summed E-state index contributed by atoms with van der Waals surface area (Å²) in [5.41, 5.74) is 0.357. The molecule has 1 N–H and O–H groups in total. The number of anilines is 1. The maximum Gasteiger partial charge on any atom is 0.300 e. The van der Waals surface area contributed by atoms with Gasteiger partial charge in [-0.15, -0.1) is 0 Å². The predicted molar refractivity (Wildman–Crippen MR) is 117 cm³/mol. The number of rotatable bonds is 5. The number of ketones is 1. The van der Waals surface area contributed by atoms with Gasteiger partial charge in [0.05, 0.1) is 31.4 Å². The van der Waals surface area contributed by atoms with Crippen LogP contribution in [0.4, 0.5) is 14.5 Å². The first kappa shape index (κ1) is 22.0. The number of ether oxygens (including phenoxy) is 2. The zero-order valence-corrected chi connectivity index (χ0v) is 17.7. The second kappa shape index (κ2) is 8.74. The van der Waals surface area contributed by atoms with E-state index in [2.05, 4.69) is 0 Å². The van der Waals surface area contributed by atoms with E-state index in [-0.39, 0.29) is 22.6 Å². The Morgan fingerprint density at radius 2 is 1.61 bits per heavy atom. The highest BCUT2D eigenvalue weighted by Crippen LogP contribution is 2.43. The Labute approximate surface area is 188 Å². The van der Waals surface area contributed by atoms with Crippen LogP contribution in [0.5, 0.6) is 11.5 Å². The molecular formula is C25H19F2NO5. The topological polar surface area (TPSA) is 76.1 Å². The van der Waals surface area contributed by atoms with E-state index in [4.69, 9.17) is 9.47 Å². The zero-order valence-electron chi connectivity index (χ0n) is 17.7. The van der Waals surface area contributed by atoms with Crippen molar-refractivity contribution in [3.8, 4) is 11.5 Å². The van der Waals surface area contributed by atoms with E-state index in [1.165, 1.54) is 32.4 Å². The van der Waals surface area contributed by atoms with Gasteiger partial charge in [0.25, 0.3) is 11.7 Å². The Hall–Kier alpha value is -4.20. The Kier molecular flexibility index (Phi) is 5.83. The van der Waals surface area contributed by atoms with Crippen LogP contribution in [0.3, 0.4) is 0 Å². The van der Waals surface area contributed by atoms with Gasteiger partial charge in [-0.3, -0.25) is 14.5 Å². The van der Waals surface area contributed by atoms with Crippen LogP contribution in [0.1, 0.15) is 17.2 Å². The van der Waals surface area contributed by atoms with Gasteiger partial charge in [-0.05, 0) is 60.2 Å². The molecule has 1 amide bonds. The molecule has 168 valence electrons.